The Morgan fingerprint density at radius 3 is 1.39 bits per heavy atom. The fraction of sp³-hybridized carbons (Fsp3) is 0.887. The molecule has 6 heteroatoms. The Balaban J connectivity index is 3.83. The predicted octanol–water partition coefficient (Wildman–Crippen LogP) is 15.7. The number of carbonyl (C=O) groups is 2. The molecule has 0 aliphatic carbocycles. The molecule has 59 heavy (non-hydrogen) atoms. The van der Waals surface area contributed by atoms with Crippen molar-refractivity contribution in [1.29, 1.82) is 0 Å². The van der Waals surface area contributed by atoms with Gasteiger partial charge >= 0.3 is 11.9 Å². The molecule has 0 bridgehead atoms. The number of nitrogens with zero attached hydrogens (tertiary/aromatic N) is 1. The zero-order valence-corrected chi connectivity index (χ0v) is 39.8. The monoisotopic (exact) mass is 832 g/mol. The van der Waals surface area contributed by atoms with Crippen LogP contribution >= 0.6 is 0 Å². The van der Waals surface area contributed by atoms with Crippen LogP contribution in [0.5, 0.6) is 0 Å². The summed E-state index contributed by atoms with van der Waals surface area (Å²) in [6.45, 7) is 10.4. The van der Waals surface area contributed by atoms with Crippen molar-refractivity contribution in [1.82, 2.24) is 4.90 Å². The van der Waals surface area contributed by atoms with Crippen molar-refractivity contribution in [2.45, 2.75) is 271 Å². The van der Waals surface area contributed by atoms with Crippen molar-refractivity contribution in [2.75, 3.05) is 32.8 Å². The average Bonchev–Trinajstić information content (AvgIpc) is 3.23. The van der Waals surface area contributed by atoms with E-state index < -0.39 is 0 Å². The Morgan fingerprint density at radius 1 is 0.458 bits per heavy atom. The number of rotatable bonds is 48. The van der Waals surface area contributed by atoms with Crippen molar-refractivity contribution in [2.24, 2.45) is 0 Å². The maximum atomic E-state index is 12.7. The number of hydrogen-bond donors (Lipinski definition) is 1. The van der Waals surface area contributed by atoms with Crippen LogP contribution < -0.4 is 0 Å². The van der Waals surface area contributed by atoms with E-state index in [1.807, 2.05) is 0 Å². The van der Waals surface area contributed by atoms with E-state index in [2.05, 4.69) is 50.0 Å². The molecule has 0 unspecified atom stereocenters. The van der Waals surface area contributed by atoms with Crippen LogP contribution in [-0.2, 0) is 19.1 Å². The van der Waals surface area contributed by atoms with Crippen molar-refractivity contribution in [3.8, 4) is 0 Å². The first-order valence-corrected chi connectivity index (χ1v) is 26.1. The minimum absolute atomic E-state index is 0.0131. The Bertz CT molecular complexity index is 904. The van der Waals surface area contributed by atoms with Gasteiger partial charge in [0.15, 0.2) is 0 Å². The predicted molar refractivity (Wildman–Crippen MR) is 255 cm³/mol. The third-order valence-corrected chi connectivity index (χ3v) is 11.8. The molecule has 0 saturated heterocycles. The first-order chi connectivity index (χ1) is 29.1. The lowest BCUT2D eigenvalue weighted by Gasteiger charge is -2.21. The summed E-state index contributed by atoms with van der Waals surface area (Å²) in [6.07, 6.45) is 53.5. The molecule has 0 amide bonds. The number of carbonyl (C=O) groups excluding carboxylic acids is 2. The summed E-state index contributed by atoms with van der Waals surface area (Å²) in [5.74, 6) is -0.0212. The fourth-order valence-corrected chi connectivity index (χ4v) is 7.91. The van der Waals surface area contributed by atoms with Gasteiger partial charge in [-0.1, -0.05) is 186 Å². The van der Waals surface area contributed by atoms with E-state index in [1.165, 1.54) is 148 Å². The van der Waals surface area contributed by atoms with Crippen molar-refractivity contribution < 1.29 is 24.2 Å². The number of allylic oxidation sites excluding steroid dienone is 4. The highest BCUT2D eigenvalue weighted by molar-refractivity contribution is 5.69. The van der Waals surface area contributed by atoms with E-state index in [4.69, 9.17) is 9.47 Å². The maximum absolute atomic E-state index is 12.7. The topological polar surface area (TPSA) is 76.1 Å². The van der Waals surface area contributed by atoms with E-state index in [0.29, 0.717) is 19.4 Å². The molecule has 0 rings (SSSR count). The van der Waals surface area contributed by atoms with Crippen LogP contribution in [0.3, 0.4) is 0 Å². The van der Waals surface area contributed by atoms with Gasteiger partial charge in [0.2, 0.25) is 0 Å². The van der Waals surface area contributed by atoms with E-state index in [9.17, 15) is 14.7 Å². The van der Waals surface area contributed by atoms with Gasteiger partial charge in [0.05, 0.1) is 13.2 Å². The third-order valence-electron chi connectivity index (χ3n) is 11.8. The number of esters is 2. The molecule has 1 N–H and O–H groups in total. The molecule has 0 radical (unpaired) electrons. The highest BCUT2D eigenvalue weighted by atomic mass is 16.5. The molecule has 0 aromatic carbocycles. The third kappa shape index (κ3) is 45.7. The molecular formula is C53H101NO5. The number of hydrogen-bond acceptors (Lipinski definition) is 6. The lowest BCUT2D eigenvalue weighted by Crippen LogP contribution is -2.29. The lowest BCUT2D eigenvalue weighted by molar-refractivity contribution is -0.150. The van der Waals surface area contributed by atoms with Gasteiger partial charge in [-0.15, -0.1) is 0 Å². The smallest absolute Gasteiger partial charge is 0.306 e. The number of aliphatic hydroxyl groups is 1. The SMILES string of the molecule is CCCCC/C=C\C/C=C\CCCCCCCCOC(=O)CCCCCCCN(CCO)CCCCCCCC(=O)OC(CCCCCCCC)CCCCCCCC. The fourth-order valence-electron chi connectivity index (χ4n) is 7.91. The van der Waals surface area contributed by atoms with Crippen LogP contribution in [0.1, 0.15) is 265 Å². The summed E-state index contributed by atoms with van der Waals surface area (Å²) in [6, 6.07) is 0. The standard InChI is InChI=1S/C53H101NO5/c1-4-7-10-13-16-17-18-19-20-21-22-23-24-25-34-41-50-58-52(56)44-37-30-26-32-39-46-54(48-49-55)47-40-33-27-31-38-45-53(57)59-51(42-35-28-14-11-8-5-2)43-36-29-15-12-9-6-3/h16-17,19-20,51,55H,4-15,18,21-50H2,1-3H3/b17-16-,20-19-. The van der Waals surface area contributed by atoms with Crippen LogP contribution in [-0.4, -0.2) is 60.9 Å². The summed E-state index contributed by atoms with van der Waals surface area (Å²) in [4.78, 5) is 27.3. The molecule has 0 saturated carbocycles. The molecule has 0 heterocycles. The molecular weight excluding hydrogens is 731 g/mol. The number of ether oxygens (including phenoxy) is 2. The lowest BCUT2D eigenvalue weighted by atomic mass is 10.0. The molecule has 348 valence electrons. The van der Waals surface area contributed by atoms with E-state index in [1.54, 1.807) is 0 Å². The van der Waals surface area contributed by atoms with Crippen molar-refractivity contribution >= 4 is 11.9 Å². The Morgan fingerprint density at radius 2 is 0.864 bits per heavy atom. The van der Waals surface area contributed by atoms with Gasteiger partial charge < -0.3 is 19.5 Å². The zero-order chi connectivity index (χ0) is 43.0. The van der Waals surface area contributed by atoms with E-state index in [-0.39, 0.29) is 24.6 Å². The van der Waals surface area contributed by atoms with Gasteiger partial charge in [-0.25, -0.2) is 0 Å². The quantitative estimate of drug-likeness (QED) is 0.0374. The Hall–Kier alpha value is -1.66. The number of unbranched alkanes of at least 4 members (excludes halogenated alkanes) is 27. The molecule has 0 spiro atoms. The van der Waals surface area contributed by atoms with Gasteiger partial charge in [-0.2, -0.15) is 0 Å². The van der Waals surface area contributed by atoms with Crippen LogP contribution in [0.15, 0.2) is 24.3 Å². The first-order valence-electron chi connectivity index (χ1n) is 26.1. The average molecular weight is 832 g/mol. The zero-order valence-electron chi connectivity index (χ0n) is 39.8. The molecule has 0 fully saturated rings. The highest BCUT2D eigenvalue weighted by Crippen LogP contribution is 2.19. The van der Waals surface area contributed by atoms with Crippen molar-refractivity contribution in [3.05, 3.63) is 24.3 Å². The maximum Gasteiger partial charge on any atom is 0.306 e. The largest absolute Gasteiger partial charge is 0.466 e. The van der Waals surface area contributed by atoms with Crippen LogP contribution in [0.2, 0.25) is 0 Å². The minimum atomic E-state index is -0.0344. The van der Waals surface area contributed by atoms with Gasteiger partial charge in [-0.3, -0.25) is 9.59 Å². The summed E-state index contributed by atoms with van der Waals surface area (Å²) in [5.41, 5.74) is 0. The molecule has 0 aromatic rings. The summed E-state index contributed by atoms with van der Waals surface area (Å²) in [7, 11) is 0. The van der Waals surface area contributed by atoms with Crippen LogP contribution in [0, 0.1) is 0 Å². The van der Waals surface area contributed by atoms with Gasteiger partial charge in [0.25, 0.3) is 0 Å². The minimum Gasteiger partial charge on any atom is -0.466 e. The summed E-state index contributed by atoms with van der Waals surface area (Å²) >= 11 is 0. The normalized spacial score (nSPS) is 11.9. The van der Waals surface area contributed by atoms with Gasteiger partial charge in [-0.05, 0) is 103 Å². The number of aliphatic hydroxyl groups excluding tert-OH is 1. The molecule has 0 aromatic heterocycles. The highest BCUT2D eigenvalue weighted by Gasteiger charge is 2.14. The summed E-state index contributed by atoms with van der Waals surface area (Å²) < 4.78 is 11.5. The summed E-state index contributed by atoms with van der Waals surface area (Å²) in [5, 5.41) is 9.59. The second-order valence-electron chi connectivity index (χ2n) is 17.6. The Labute approximate surface area is 367 Å². The molecule has 0 aliphatic rings. The van der Waals surface area contributed by atoms with Crippen LogP contribution in [0.25, 0.3) is 0 Å². The molecule has 6 nitrogen and oxygen atoms in total. The first kappa shape index (κ1) is 57.3. The second-order valence-corrected chi connectivity index (χ2v) is 17.6. The molecule has 0 atom stereocenters. The Kier molecular flexibility index (Phi) is 47.6. The van der Waals surface area contributed by atoms with Gasteiger partial charge in [0.1, 0.15) is 6.10 Å². The molecule has 0 aliphatic heterocycles. The van der Waals surface area contributed by atoms with Crippen molar-refractivity contribution in [3.63, 3.8) is 0 Å². The second kappa shape index (κ2) is 49.0. The van der Waals surface area contributed by atoms with E-state index in [0.717, 1.165) is 103 Å². The van der Waals surface area contributed by atoms with E-state index >= 15 is 0 Å². The van der Waals surface area contributed by atoms with Gasteiger partial charge in [0, 0.05) is 19.4 Å². The van der Waals surface area contributed by atoms with Crippen LogP contribution in [0.4, 0.5) is 0 Å².